The van der Waals surface area contributed by atoms with Gasteiger partial charge in [-0.2, -0.15) is 0 Å². The van der Waals surface area contributed by atoms with Crippen LogP contribution < -0.4 is 10.1 Å². The van der Waals surface area contributed by atoms with Crippen LogP contribution in [-0.4, -0.2) is 19.2 Å². The van der Waals surface area contributed by atoms with Gasteiger partial charge in [-0.15, -0.1) is 0 Å². The molecule has 1 rings (SSSR count). The second-order valence-electron chi connectivity index (χ2n) is 3.93. The number of likely N-dealkylation sites (N-methyl/N-ethyl adjacent to an activating group) is 1. The first-order valence-corrected chi connectivity index (χ1v) is 5.58. The number of nitrogens with one attached hydrogen (secondary N) is 1. The topological polar surface area (TPSA) is 21.3 Å². The summed E-state index contributed by atoms with van der Waals surface area (Å²) in [7, 11) is 0. The summed E-state index contributed by atoms with van der Waals surface area (Å²) in [4.78, 5) is 0. The van der Waals surface area contributed by atoms with Gasteiger partial charge in [0.05, 0.1) is 0 Å². The number of rotatable bonds is 5. The normalized spacial score (nSPS) is 12.5. The van der Waals surface area contributed by atoms with Crippen molar-refractivity contribution in [1.29, 1.82) is 0 Å². The zero-order valence-electron chi connectivity index (χ0n) is 10.1. The molecule has 0 amide bonds. The van der Waals surface area contributed by atoms with Crippen LogP contribution in [0, 0.1) is 13.8 Å². The number of benzene rings is 1. The first kappa shape index (κ1) is 12.1. The van der Waals surface area contributed by atoms with Gasteiger partial charge in [-0.3, -0.25) is 0 Å². The summed E-state index contributed by atoms with van der Waals surface area (Å²) in [5, 5.41) is 3.28. The third kappa shape index (κ3) is 3.56. The monoisotopic (exact) mass is 207 g/mol. The highest BCUT2D eigenvalue weighted by Gasteiger charge is 2.06. The lowest BCUT2D eigenvalue weighted by Crippen LogP contribution is -2.28. The third-order valence-corrected chi connectivity index (χ3v) is 2.56. The maximum atomic E-state index is 5.87. The lowest BCUT2D eigenvalue weighted by atomic mass is 10.1. The molecule has 0 fully saturated rings. The highest BCUT2D eigenvalue weighted by Crippen LogP contribution is 2.21. The van der Waals surface area contributed by atoms with E-state index >= 15 is 0 Å². The van der Waals surface area contributed by atoms with Gasteiger partial charge >= 0.3 is 0 Å². The van der Waals surface area contributed by atoms with Gasteiger partial charge in [0.1, 0.15) is 11.9 Å². The molecular formula is C13H21NO. The second kappa shape index (κ2) is 5.76. The molecule has 0 aliphatic carbocycles. The van der Waals surface area contributed by atoms with Crippen LogP contribution in [0.3, 0.4) is 0 Å². The van der Waals surface area contributed by atoms with Gasteiger partial charge in [0, 0.05) is 6.54 Å². The highest BCUT2D eigenvalue weighted by molar-refractivity contribution is 5.38. The van der Waals surface area contributed by atoms with E-state index in [1.165, 1.54) is 11.1 Å². The van der Waals surface area contributed by atoms with Crippen LogP contribution in [0.4, 0.5) is 0 Å². The fourth-order valence-corrected chi connectivity index (χ4v) is 1.46. The molecule has 84 valence electrons. The van der Waals surface area contributed by atoms with Gasteiger partial charge in [-0.1, -0.05) is 19.1 Å². The average Bonchev–Trinajstić information content (AvgIpc) is 2.22. The van der Waals surface area contributed by atoms with E-state index in [1.807, 2.05) is 12.1 Å². The smallest absolute Gasteiger partial charge is 0.122 e. The lowest BCUT2D eigenvalue weighted by Gasteiger charge is -2.17. The molecule has 15 heavy (non-hydrogen) atoms. The van der Waals surface area contributed by atoms with E-state index in [-0.39, 0.29) is 6.10 Å². The molecule has 0 aromatic heterocycles. The Morgan fingerprint density at radius 1 is 1.33 bits per heavy atom. The van der Waals surface area contributed by atoms with Gasteiger partial charge in [-0.05, 0) is 44.5 Å². The molecule has 1 aromatic rings. The fraction of sp³-hybridized carbons (Fsp3) is 0.538. The lowest BCUT2D eigenvalue weighted by molar-refractivity contribution is 0.216. The van der Waals surface area contributed by atoms with Crippen LogP contribution >= 0.6 is 0 Å². The number of aryl methyl sites for hydroxylation is 1. The molecule has 2 heteroatoms. The van der Waals surface area contributed by atoms with Crippen molar-refractivity contribution in [1.82, 2.24) is 5.32 Å². The zero-order valence-corrected chi connectivity index (χ0v) is 10.1. The van der Waals surface area contributed by atoms with Crippen molar-refractivity contribution in [2.24, 2.45) is 0 Å². The molecule has 1 unspecified atom stereocenters. The summed E-state index contributed by atoms with van der Waals surface area (Å²) in [6, 6.07) is 6.18. The van der Waals surface area contributed by atoms with Crippen LogP contribution in [0.2, 0.25) is 0 Å². The molecule has 0 radical (unpaired) electrons. The van der Waals surface area contributed by atoms with Gasteiger partial charge in [0.25, 0.3) is 0 Å². The number of hydrogen-bond acceptors (Lipinski definition) is 2. The minimum atomic E-state index is 0.213. The van der Waals surface area contributed by atoms with Crippen molar-refractivity contribution in [2.75, 3.05) is 13.1 Å². The van der Waals surface area contributed by atoms with E-state index < -0.39 is 0 Å². The molecule has 2 nitrogen and oxygen atoms in total. The van der Waals surface area contributed by atoms with Crippen molar-refractivity contribution in [2.45, 2.75) is 33.8 Å². The molecule has 0 heterocycles. The Morgan fingerprint density at radius 2 is 2.07 bits per heavy atom. The molecule has 1 N–H and O–H groups in total. The van der Waals surface area contributed by atoms with E-state index in [0.717, 1.165) is 18.8 Å². The predicted molar refractivity (Wildman–Crippen MR) is 64.5 cm³/mol. The van der Waals surface area contributed by atoms with Crippen molar-refractivity contribution in [3.63, 3.8) is 0 Å². The first-order valence-electron chi connectivity index (χ1n) is 5.58. The Morgan fingerprint density at radius 3 is 2.73 bits per heavy atom. The van der Waals surface area contributed by atoms with Gasteiger partial charge in [0.15, 0.2) is 0 Å². The summed E-state index contributed by atoms with van der Waals surface area (Å²) < 4.78 is 5.87. The molecule has 1 atom stereocenters. The Labute approximate surface area is 92.6 Å². The minimum absolute atomic E-state index is 0.213. The van der Waals surface area contributed by atoms with E-state index in [9.17, 15) is 0 Å². The first-order chi connectivity index (χ1) is 7.15. The van der Waals surface area contributed by atoms with Crippen molar-refractivity contribution in [3.05, 3.63) is 29.3 Å². The van der Waals surface area contributed by atoms with Gasteiger partial charge < -0.3 is 10.1 Å². The summed E-state index contributed by atoms with van der Waals surface area (Å²) in [5.41, 5.74) is 2.52. The van der Waals surface area contributed by atoms with Crippen LogP contribution in [-0.2, 0) is 0 Å². The fourth-order valence-electron chi connectivity index (χ4n) is 1.46. The molecule has 0 bridgehead atoms. The van der Waals surface area contributed by atoms with Gasteiger partial charge in [-0.25, -0.2) is 0 Å². The molecule has 1 aromatic carbocycles. The molecular weight excluding hydrogens is 186 g/mol. The van der Waals surface area contributed by atoms with E-state index in [4.69, 9.17) is 4.74 Å². The van der Waals surface area contributed by atoms with E-state index in [0.29, 0.717) is 0 Å². The minimum Gasteiger partial charge on any atom is -0.489 e. The number of ether oxygens (including phenoxy) is 1. The van der Waals surface area contributed by atoms with Crippen molar-refractivity contribution >= 4 is 0 Å². The average molecular weight is 207 g/mol. The largest absolute Gasteiger partial charge is 0.489 e. The third-order valence-electron chi connectivity index (χ3n) is 2.56. The summed E-state index contributed by atoms with van der Waals surface area (Å²) in [6.45, 7) is 10.3. The summed E-state index contributed by atoms with van der Waals surface area (Å²) in [6.07, 6.45) is 0.213. The van der Waals surface area contributed by atoms with Crippen LogP contribution in [0.1, 0.15) is 25.0 Å². The Balaban J connectivity index is 2.60. The van der Waals surface area contributed by atoms with Crippen molar-refractivity contribution in [3.8, 4) is 5.75 Å². The molecule has 0 aliphatic heterocycles. The highest BCUT2D eigenvalue weighted by atomic mass is 16.5. The van der Waals surface area contributed by atoms with E-state index in [2.05, 4.69) is 39.1 Å². The van der Waals surface area contributed by atoms with Crippen LogP contribution in [0.15, 0.2) is 18.2 Å². The molecule has 0 spiro atoms. The molecule has 0 aliphatic rings. The van der Waals surface area contributed by atoms with Gasteiger partial charge in [0.2, 0.25) is 0 Å². The summed E-state index contributed by atoms with van der Waals surface area (Å²) >= 11 is 0. The number of hydrogen-bond donors (Lipinski definition) is 1. The predicted octanol–water partition coefficient (Wildman–Crippen LogP) is 2.68. The standard InChI is InChI=1S/C13H21NO/c1-5-14-9-11(3)15-13-8-6-7-10(2)12(13)4/h6-8,11,14H,5,9H2,1-4H3. The van der Waals surface area contributed by atoms with Crippen LogP contribution in [0.25, 0.3) is 0 Å². The van der Waals surface area contributed by atoms with Crippen LogP contribution in [0.5, 0.6) is 5.75 Å². The van der Waals surface area contributed by atoms with E-state index in [1.54, 1.807) is 0 Å². The SMILES string of the molecule is CCNCC(C)Oc1cccc(C)c1C. The Kier molecular flexibility index (Phi) is 4.63. The molecule has 0 saturated heterocycles. The van der Waals surface area contributed by atoms with Crippen molar-refractivity contribution < 1.29 is 4.74 Å². The Hall–Kier alpha value is -1.02. The second-order valence-corrected chi connectivity index (χ2v) is 3.93. The summed E-state index contributed by atoms with van der Waals surface area (Å²) in [5.74, 6) is 1.00. The molecule has 0 saturated carbocycles. The zero-order chi connectivity index (χ0) is 11.3. The Bertz CT molecular complexity index is 309. The quantitative estimate of drug-likeness (QED) is 0.801. The maximum absolute atomic E-state index is 5.87. The maximum Gasteiger partial charge on any atom is 0.122 e.